The Bertz CT molecular complexity index is 1180. The zero-order valence-corrected chi connectivity index (χ0v) is 17.7. The van der Waals surface area contributed by atoms with Crippen molar-refractivity contribution < 1.29 is 14.5 Å². The molecule has 3 aromatic carbocycles. The minimum atomic E-state index is -0.508. The number of carbonyl (C=O) groups is 1. The van der Waals surface area contributed by atoms with Crippen molar-refractivity contribution in [3.05, 3.63) is 104 Å². The van der Waals surface area contributed by atoms with Crippen LogP contribution in [0.3, 0.4) is 0 Å². The molecule has 0 aliphatic heterocycles. The number of carbonyl (C=O) groups excluding carboxylic acids is 1. The summed E-state index contributed by atoms with van der Waals surface area (Å²) in [4.78, 5) is 22.8. The molecule has 7 nitrogen and oxygen atoms in total. The minimum Gasteiger partial charge on any atom is -0.489 e. The summed E-state index contributed by atoms with van der Waals surface area (Å²) in [5.74, 6) is 0.0485. The van der Waals surface area contributed by atoms with E-state index in [-0.39, 0.29) is 17.9 Å². The van der Waals surface area contributed by atoms with Crippen molar-refractivity contribution in [2.45, 2.75) is 6.61 Å². The van der Waals surface area contributed by atoms with Crippen molar-refractivity contribution in [3.8, 4) is 11.8 Å². The van der Waals surface area contributed by atoms with Crippen LogP contribution in [0.1, 0.15) is 11.1 Å². The van der Waals surface area contributed by atoms with E-state index in [1.54, 1.807) is 54.6 Å². The molecule has 31 heavy (non-hydrogen) atoms. The lowest BCUT2D eigenvalue weighted by Gasteiger charge is -2.07. The van der Waals surface area contributed by atoms with Crippen molar-refractivity contribution in [2.75, 3.05) is 5.32 Å². The molecule has 0 spiro atoms. The Balaban J connectivity index is 1.65. The lowest BCUT2D eigenvalue weighted by molar-refractivity contribution is -0.384. The fourth-order valence-electron chi connectivity index (χ4n) is 2.67. The third-order valence-corrected chi connectivity index (χ3v) is 4.66. The summed E-state index contributed by atoms with van der Waals surface area (Å²) in [5, 5.41) is 22.9. The van der Waals surface area contributed by atoms with Crippen LogP contribution < -0.4 is 10.1 Å². The van der Waals surface area contributed by atoms with Gasteiger partial charge in [-0.05, 0) is 47.5 Å². The molecular weight excluding hydrogens is 462 g/mol. The van der Waals surface area contributed by atoms with Gasteiger partial charge in [0.25, 0.3) is 11.6 Å². The van der Waals surface area contributed by atoms with Gasteiger partial charge in [-0.15, -0.1) is 0 Å². The number of benzene rings is 3. The molecule has 0 aliphatic carbocycles. The van der Waals surface area contributed by atoms with Crippen LogP contribution in [0.4, 0.5) is 11.4 Å². The summed E-state index contributed by atoms with van der Waals surface area (Å²) < 4.78 is 6.47. The maximum Gasteiger partial charge on any atom is 0.269 e. The van der Waals surface area contributed by atoms with Crippen LogP contribution >= 0.6 is 15.9 Å². The van der Waals surface area contributed by atoms with E-state index in [1.165, 1.54) is 18.2 Å². The molecule has 0 unspecified atom stereocenters. The van der Waals surface area contributed by atoms with Crippen LogP contribution in [-0.2, 0) is 11.4 Å². The van der Waals surface area contributed by atoms with E-state index in [0.717, 1.165) is 4.47 Å². The number of rotatable bonds is 7. The number of ether oxygens (including phenoxy) is 1. The van der Waals surface area contributed by atoms with Gasteiger partial charge in [0.05, 0.1) is 4.92 Å². The summed E-state index contributed by atoms with van der Waals surface area (Å²) in [6.07, 6.45) is 1.48. The summed E-state index contributed by atoms with van der Waals surface area (Å²) in [6, 6.07) is 22.0. The Hall–Kier alpha value is -3.96. The number of hydrogen-bond acceptors (Lipinski definition) is 5. The maximum atomic E-state index is 12.4. The van der Waals surface area contributed by atoms with E-state index in [1.807, 2.05) is 12.1 Å². The fraction of sp³-hybridized carbons (Fsp3) is 0.0435. The average molecular weight is 478 g/mol. The van der Waals surface area contributed by atoms with Crippen LogP contribution in [0.5, 0.6) is 5.75 Å². The summed E-state index contributed by atoms with van der Waals surface area (Å²) in [5.41, 5.74) is 1.88. The predicted molar refractivity (Wildman–Crippen MR) is 120 cm³/mol. The number of hydrogen-bond donors (Lipinski definition) is 1. The number of halogens is 1. The summed E-state index contributed by atoms with van der Waals surface area (Å²) in [7, 11) is 0. The normalized spacial score (nSPS) is 10.8. The molecule has 0 heterocycles. The number of nitriles is 1. The van der Waals surface area contributed by atoms with E-state index in [2.05, 4.69) is 21.2 Å². The van der Waals surface area contributed by atoms with E-state index < -0.39 is 10.8 Å². The SMILES string of the molecule is N#C/C(=C/c1ccc(OCc2cccc([N+](=O)[O-])c2)cc1)C(=O)Nc1cccc(Br)c1. The van der Waals surface area contributed by atoms with Crippen molar-refractivity contribution in [1.29, 1.82) is 5.26 Å². The molecule has 0 radical (unpaired) electrons. The lowest BCUT2D eigenvalue weighted by atomic mass is 10.1. The van der Waals surface area contributed by atoms with Gasteiger partial charge in [-0.25, -0.2) is 0 Å². The highest BCUT2D eigenvalue weighted by Crippen LogP contribution is 2.20. The quantitative estimate of drug-likeness (QED) is 0.210. The van der Waals surface area contributed by atoms with Crippen molar-refractivity contribution >= 4 is 39.3 Å². The number of nitro benzene ring substituents is 1. The molecule has 1 N–H and O–H groups in total. The van der Waals surface area contributed by atoms with Crippen LogP contribution in [0, 0.1) is 21.4 Å². The Morgan fingerprint density at radius 1 is 1.13 bits per heavy atom. The molecule has 8 heteroatoms. The molecule has 0 aromatic heterocycles. The molecule has 0 bridgehead atoms. The molecule has 0 aliphatic rings. The number of nitrogens with zero attached hydrogens (tertiary/aromatic N) is 2. The van der Waals surface area contributed by atoms with Gasteiger partial charge in [-0.1, -0.05) is 46.3 Å². The number of nitro groups is 1. The first kappa shape index (κ1) is 21.7. The second kappa shape index (κ2) is 10.2. The Morgan fingerprint density at radius 3 is 2.55 bits per heavy atom. The van der Waals surface area contributed by atoms with E-state index >= 15 is 0 Å². The third kappa shape index (κ3) is 6.26. The zero-order valence-electron chi connectivity index (χ0n) is 16.1. The molecular formula is C23H16BrN3O4. The van der Waals surface area contributed by atoms with Gasteiger partial charge in [0.2, 0.25) is 0 Å². The smallest absolute Gasteiger partial charge is 0.269 e. The maximum absolute atomic E-state index is 12.4. The van der Waals surface area contributed by atoms with Crippen molar-refractivity contribution in [2.24, 2.45) is 0 Å². The standard InChI is InChI=1S/C23H16BrN3O4/c24-19-4-2-5-20(13-19)26-23(28)18(14-25)11-16-7-9-22(10-8-16)31-15-17-3-1-6-21(12-17)27(29)30/h1-13H,15H2,(H,26,28)/b18-11-. The molecule has 0 fully saturated rings. The van der Waals surface area contributed by atoms with Gasteiger partial charge >= 0.3 is 0 Å². The molecule has 1 amide bonds. The molecule has 0 atom stereocenters. The highest BCUT2D eigenvalue weighted by Gasteiger charge is 2.10. The number of amides is 1. The van der Waals surface area contributed by atoms with Gasteiger partial charge in [-0.2, -0.15) is 5.26 Å². The Kier molecular flexibility index (Phi) is 7.14. The van der Waals surface area contributed by atoms with Crippen LogP contribution in [0.25, 0.3) is 6.08 Å². The Morgan fingerprint density at radius 2 is 1.87 bits per heavy atom. The van der Waals surface area contributed by atoms with Gasteiger partial charge in [0, 0.05) is 22.3 Å². The van der Waals surface area contributed by atoms with E-state index in [4.69, 9.17) is 4.74 Å². The van der Waals surface area contributed by atoms with Gasteiger partial charge < -0.3 is 10.1 Å². The van der Waals surface area contributed by atoms with Crippen molar-refractivity contribution in [3.63, 3.8) is 0 Å². The van der Waals surface area contributed by atoms with E-state index in [9.17, 15) is 20.2 Å². The van der Waals surface area contributed by atoms with Crippen LogP contribution in [0.15, 0.2) is 82.8 Å². The molecule has 154 valence electrons. The lowest BCUT2D eigenvalue weighted by Crippen LogP contribution is -2.13. The third-order valence-electron chi connectivity index (χ3n) is 4.17. The number of nitrogens with one attached hydrogen (secondary N) is 1. The monoisotopic (exact) mass is 477 g/mol. The number of anilines is 1. The predicted octanol–water partition coefficient (Wildman–Crippen LogP) is 5.48. The largest absolute Gasteiger partial charge is 0.489 e. The van der Waals surface area contributed by atoms with Gasteiger partial charge in [-0.3, -0.25) is 14.9 Å². The topological polar surface area (TPSA) is 105 Å². The van der Waals surface area contributed by atoms with Crippen LogP contribution in [-0.4, -0.2) is 10.8 Å². The van der Waals surface area contributed by atoms with Crippen LogP contribution in [0.2, 0.25) is 0 Å². The Labute approximate surface area is 186 Å². The zero-order chi connectivity index (χ0) is 22.2. The average Bonchev–Trinajstić information content (AvgIpc) is 2.77. The molecule has 3 rings (SSSR count). The first-order chi connectivity index (χ1) is 14.9. The van der Waals surface area contributed by atoms with Gasteiger partial charge in [0.1, 0.15) is 24.0 Å². The first-order valence-electron chi connectivity index (χ1n) is 9.09. The second-order valence-corrected chi connectivity index (χ2v) is 7.33. The first-order valence-corrected chi connectivity index (χ1v) is 9.89. The van der Waals surface area contributed by atoms with E-state index in [0.29, 0.717) is 22.6 Å². The molecule has 0 saturated carbocycles. The highest BCUT2D eigenvalue weighted by atomic mass is 79.9. The summed E-state index contributed by atoms with van der Waals surface area (Å²) >= 11 is 3.33. The molecule has 3 aromatic rings. The fourth-order valence-corrected chi connectivity index (χ4v) is 3.07. The molecule has 0 saturated heterocycles. The van der Waals surface area contributed by atoms with Crippen molar-refractivity contribution in [1.82, 2.24) is 0 Å². The minimum absolute atomic E-state index is 0.00625. The number of non-ortho nitro benzene ring substituents is 1. The van der Waals surface area contributed by atoms with Gasteiger partial charge in [0.15, 0.2) is 0 Å². The summed E-state index contributed by atoms with van der Waals surface area (Å²) in [6.45, 7) is 0.176. The highest BCUT2D eigenvalue weighted by molar-refractivity contribution is 9.10. The second-order valence-electron chi connectivity index (χ2n) is 6.42.